The maximum absolute atomic E-state index is 11.5. The van der Waals surface area contributed by atoms with Gasteiger partial charge in [-0.15, -0.1) is 0 Å². The molecule has 0 saturated heterocycles. The fourth-order valence-corrected chi connectivity index (χ4v) is 3.75. The average molecular weight is 331 g/mol. The summed E-state index contributed by atoms with van der Waals surface area (Å²) in [5.41, 5.74) is 0.843. The molecule has 0 atom stereocenters. The second-order valence-electron chi connectivity index (χ2n) is 5.62. The molecule has 120 valence electrons. The first-order chi connectivity index (χ1) is 10.1. The van der Waals surface area contributed by atoms with E-state index in [9.17, 15) is 8.42 Å². The van der Waals surface area contributed by atoms with Gasteiger partial charge in [-0.25, -0.2) is 8.42 Å². The normalized spacial score (nSPS) is 11.7. The Morgan fingerprint density at radius 2 is 1.38 bits per heavy atom. The molecular formula is C17H27ClO2S. The fraction of sp³-hybridized carbons (Fsp3) is 0.647. The summed E-state index contributed by atoms with van der Waals surface area (Å²) in [6.45, 7) is 2.24. The van der Waals surface area contributed by atoms with Crippen molar-refractivity contribution in [2.24, 2.45) is 0 Å². The number of hydrogen-bond acceptors (Lipinski definition) is 2. The van der Waals surface area contributed by atoms with E-state index in [4.69, 9.17) is 10.7 Å². The van der Waals surface area contributed by atoms with Gasteiger partial charge >= 0.3 is 0 Å². The van der Waals surface area contributed by atoms with E-state index in [1.165, 1.54) is 44.9 Å². The summed E-state index contributed by atoms with van der Waals surface area (Å²) in [4.78, 5) is 0.270. The highest BCUT2D eigenvalue weighted by molar-refractivity contribution is 8.13. The van der Waals surface area contributed by atoms with E-state index >= 15 is 0 Å². The number of aryl methyl sites for hydroxylation is 1. The molecule has 0 aliphatic heterocycles. The van der Waals surface area contributed by atoms with Crippen molar-refractivity contribution in [2.75, 3.05) is 0 Å². The van der Waals surface area contributed by atoms with Crippen molar-refractivity contribution in [3.8, 4) is 0 Å². The summed E-state index contributed by atoms with van der Waals surface area (Å²) in [5.74, 6) is 0. The van der Waals surface area contributed by atoms with E-state index in [2.05, 4.69) is 6.92 Å². The molecule has 1 aromatic carbocycles. The molecule has 0 aliphatic rings. The second-order valence-corrected chi connectivity index (χ2v) is 8.16. The summed E-state index contributed by atoms with van der Waals surface area (Å²) < 4.78 is 23.0. The molecule has 0 bridgehead atoms. The van der Waals surface area contributed by atoms with Crippen LogP contribution in [-0.4, -0.2) is 8.42 Å². The van der Waals surface area contributed by atoms with Crippen LogP contribution in [0, 0.1) is 0 Å². The maximum Gasteiger partial charge on any atom is 0.261 e. The van der Waals surface area contributed by atoms with Gasteiger partial charge in [-0.2, -0.15) is 0 Å². The van der Waals surface area contributed by atoms with Gasteiger partial charge in [0.1, 0.15) is 0 Å². The summed E-state index contributed by atoms with van der Waals surface area (Å²) in [6.07, 6.45) is 12.2. The van der Waals surface area contributed by atoms with Gasteiger partial charge in [0.2, 0.25) is 0 Å². The molecule has 0 heterocycles. The Hall–Kier alpha value is -0.540. The minimum absolute atomic E-state index is 0.270. The minimum atomic E-state index is -3.62. The molecule has 0 spiro atoms. The standard InChI is InChI=1S/C17H27ClO2S/c1-2-3-4-5-6-7-8-9-10-13-16-14-11-12-15-17(16)21(18,19)20/h11-12,14-15H,2-10,13H2,1H3. The third-order valence-corrected chi connectivity index (χ3v) is 5.21. The topological polar surface area (TPSA) is 34.1 Å². The minimum Gasteiger partial charge on any atom is -0.207 e. The number of unbranched alkanes of at least 4 members (excludes halogenated alkanes) is 8. The second kappa shape index (κ2) is 10.2. The van der Waals surface area contributed by atoms with Crippen LogP contribution in [0.3, 0.4) is 0 Å². The Labute approximate surface area is 134 Å². The smallest absolute Gasteiger partial charge is 0.207 e. The lowest BCUT2D eigenvalue weighted by Crippen LogP contribution is -1.98. The fourth-order valence-electron chi connectivity index (χ4n) is 2.57. The SMILES string of the molecule is CCCCCCCCCCCc1ccccc1S(=O)(=O)Cl. The molecule has 4 heteroatoms. The third-order valence-electron chi connectivity index (χ3n) is 3.78. The van der Waals surface area contributed by atoms with E-state index in [0.717, 1.165) is 24.8 Å². The first-order valence-electron chi connectivity index (χ1n) is 8.08. The highest BCUT2D eigenvalue weighted by Gasteiger charge is 2.14. The van der Waals surface area contributed by atoms with Gasteiger partial charge in [0.05, 0.1) is 4.90 Å². The van der Waals surface area contributed by atoms with Crippen molar-refractivity contribution < 1.29 is 8.42 Å². The van der Waals surface area contributed by atoms with Gasteiger partial charge in [-0.3, -0.25) is 0 Å². The molecule has 0 unspecified atom stereocenters. The van der Waals surface area contributed by atoms with Gasteiger partial charge in [0.25, 0.3) is 9.05 Å². The molecule has 2 nitrogen and oxygen atoms in total. The molecule has 1 aromatic rings. The van der Waals surface area contributed by atoms with Crippen molar-refractivity contribution in [1.82, 2.24) is 0 Å². The number of hydrogen-bond donors (Lipinski definition) is 0. The Morgan fingerprint density at radius 3 is 1.95 bits per heavy atom. The van der Waals surface area contributed by atoms with Crippen molar-refractivity contribution in [3.05, 3.63) is 29.8 Å². The van der Waals surface area contributed by atoms with Gasteiger partial charge in [0, 0.05) is 10.7 Å². The highest BCUT2D eigenvalue weighted by atomic mass is 35.7. The van der Waals surface area contributed by atoms with Crippen molar-refractivity contribution in [3.63, 3.8) is 0 Å². The monoisotopic (exact) mass is 330 g/mol. The van der Waals surface area contributed by atoms with Crippen molar-refractivity contribution >= 4 is 19.7 Å². The Morgan fingerprint density at radius 1 is 0.857 bits per heavy atom. The highest BCUT2D eigenvalue weighted by Crippen LogP contribution is 2.21. The predicted molar refractivity (Wildman–Crippen MR) is 90.4 cm³/mol. The van der Waals surface area contributed by atoms with Crippen LogP contribution in [-0.2, 0) is 15.5 Å². The average Bonchev–Trinajstić information content (AvgIpc) is 2.45. The molecule has 0 aromatic heterocycles. The Bertz CT molecular complexity index is 497. The molecule has 0 amide bonds. The zero-order valence-electron chi connectivity index (χ0n) is 13.0. The van der Waals surface area contributed by atoms with E-state index in [1.807, 2.05) is 12.1 Å². The molecule has 0 fully saturated rings. The molecule has 0 aliphatic carbocycles. The lowest BCUT2D eigenvalue weighted by atomic mass is 10.0. The first-order valence-corrected chi connectivity index (χ1v) is 10.4. The molecule has 0 N–H and O–H groups in total. The van der Waals surface area contributed by atoms with Crippen LogP contribution in [0.25, 0.3) is 0 Å². The van der Waals surface area contributed by atoms with Crippen LogP contribution in [0.15, 0.2) is 29.2 Å². The molecule has 21 heavy (non-hydrogen) atoms. The van der Waals surface area contributed by atoms with Crippen LogP contribution >= 0.6 is 10.7 Å². The van der Waals surface area contributed by atoms with Gasteiger partial charge < -0.3 is 0 Å². The van der Waals surface area contributed by atoms with Crippen LogP contribution in [0.2, 0.25) is 0 Å². The summed E-state index contributed by atoms with van der Waals surface area (Å²) in [7, 11) is 1.84. The maximum atomic E-state index is 11.5. The molecule has 0 saturated carbocycles. The molecule has 0 radical (unpaired) electrons. The van der Waals surface area contributed by atoms with Crippen LogP contribution in [0.1, 0.15) is 70.3 Å². The zero-order valence-corrected chi connectivity index (χ0v) is 14.6. The van der Waals surface area contributed by atoms with Crippen LogP contribution < -0.4 is 0 Å². The lowest BCUT2D eigenvalue weighted by Gasteiger charge is -2.06. The number of rotatable bonds is 11. The van der Waals surface area contributed by atoms with E-state index in [-0.39, 0.29) is 4.90 Å². The summed E-state index contributed by atoms with van der Waals surface area (Å²) in [6, 6.07) is 7.04. The van der Waals surface area contributed by atoms with Crippen molar-refractivity contribution in [2.45, 2.75) is 76.0 Å². The van der Waals surface area contributed by atoms with E-state index in [1.54, 1.807) is 12.1 Å². The predicted octanol–water partition coefficient (Wildman–Crippen LogP) is 5.69. The summed E-state index contributed by atoms with van der Waals surface area (Å²) >= 11 is 0. The Balaban J connectivity index is 2.22. The third kappa shape index (κ3) is 7.87. The summed E-state index contributed by atoms with van der Waals surface area (Å²) in [5, 5.41) is 0. The first kappa shape index (κ1) is 18.5. The Kier molecular flexibility index (Phi) is 9.02. The molecular weight excluding hydrogens is 304 g/mol. The number of halogens is 1. The van der Waals surface area contributed by atoms with Crippen LogP contribution in [0.4, 0.5) is 0 Å². The van der Waals surface area contributed by atoms with Gasteiger partial charge in [0.15, 0.2) is 0 Å². The van der Waals surface area contributed by atoms with Gasteiger partial charge in [-0.05, 0) is 24.5 Å². The van der Waals surface area contributed by atoms with E-state index < -0.39 is 9.05 Å². The quantitative estimate of drug-likeness (QED) is 0.386. The van der Waals surface area contributed by atoms with Crippen molar-refractivity contribution in [1.29, 1.82) is 0 Å². The molecule has 1 rings (SSSR count). The largest absolute Gasteiger partial charge is 0.261 e. The van der Waals surface area contributed by atoms with Gasteiger partial charge in [-0.1, -0.05) is 76.5 Å². The zero-order chi connectivity index (χ0) is 15.6. The van der Waals surface area contributed by atoms with E-state index in [0.29, 0.717) is 0 Å². The van der Waals surface area contributed by atoms with Crippen LogP contribution in [0.5, 0.6) is 0 Å². The number of benzene rings is 1. The lowest BCUT2D eigenvalue weighted by molar-refractivity contribution is 0.563.